The minimum absolute atomic E-state index is 0.335. The summed E-state index contributed by atoms with van der Waals surface area (Å²) in [6.45, 7) is 6.36. The molecule has 3 rings (SSSR count). The molecule has 0 bridgehead atoms. The van der Waals surface area contributed by atoms with Crippen LogP contribution < -0.4 is 4.90 Å². The molecule has 0 saturated carbocycles. The van der Waals surface area contributed by atoms with E-state index in [9.17, 15) is 4.79 Å². The van der Waals surface area contributed by atoms with Crippen LogP contribution in [0.4, 0.5) is 0 Å². The van der Waals surface area contributed by atoms with E-state index in [-0.39, 0.29) is 5.97 Å². The van der Waals surface area contributed by atoms with Crippen molar-refractivity contribution in [2.24, 2.45) is 0 Å². The van der Waals surface area contributed by atoms with E-state index in [1.54, 1.807) is 6.92 Å². The van der Waals surface area contributed by atoms with Gasteiger partial charge in [-0.25, -0.2) is 4.79 Å². The van der Waals surface area contributed by atoms with Crippen LogP contribution >= 0.6 is 0 Å². The number of carbonyl (C=O) groups is 1. The zero-order valence-corrected chi connectivity index (χ0v) is 13.3. The SMILES string of the molecule is CCOC(=O)c1cc(C[NH+]2CCOCC2)oc1-c1ccccc1. The summed E-state index contributed by atoms with van der Waals surface area (Å²) in [6, 6.07) is 11.5. The Kier molecular flexibility index (Phi) is 5.10. The first-order valence-electron chi connectivity index (χ1n) is 8.04. The van der Waals surface area contributed by atoms with E-state index in [1.807, 2.05) is 36.4 Å². The van der Waals surface area contributed by atoms with Crippen molar-refractivity contribution in [1.82, 2.24) is 0 Å². The highest BCUT2D eigenvalue weighted by Crippen LogP contribution is 2.27. The van der Waals surface area contributed by atoms with Crippen molar-refractivity contribution >= 4 is 5.97 Å². The molecule has 1 aliphatic rings. The van der Waals surface area contributed by atoms with Gasteiger partial charge in [0.15, 0.2) is 5.76 Å². The van der Waals surface area contributed by atoms with Crippen LogP contribution in [0.3, 0.4) is 0 Å². The molecule has 2 heterocycles. The lowest BCUT2D eigenvalue weighted by atomic mass is 10.1. The number of benzene rings is 1. The first-order valence-corrected chi connectivity index (χ1v) is 8.04. The number of rotatable bonds is 5. The second-order valence-electron chi connectivity index (χ2n) is 5.58. The molecular formula is C18H22NO4+. The van der Waals surface area contributed by atoms with Crippen molar-refractivity contribution in [2.75, 3.05) is 32.9 Å². The van der Waals surface area contributed by atoms with Gasteiger partial charge in [0.1, 0.15) is 31.0 Å². The standard InChI is InChI=1S/C18H21NO4/c1-2-22-18(20)16-12-15(13-19-8-10-21-11-9-19)23-17(16)14-6-4-3-5-7-14/h3-7,12H,2,8-11,13H2,1H3/p+1. The molecule has 1 fully saturated rings. The predicted octanol–water partition coefficient (Wildman–Crippen LogP) is 1.54. The van der Waals surface area contributed by atoms with Gasteiger partial charge in [-0.05, 0) is 6.92 Å². The van der Waals surface area contributed by atoms with Gasteiger partial charge in [0, 0.05) is 11.6 Å². The van der Waals surface area contributed by atoms with E-state index in [0.29, 0.717) is 17.9 Å². The van der Waals surface area contributed by atoms with E-state index in [4.69, 9.17) is 13.9 Å². The van der Waals surface area contributed by atoms with Crippen LogP contribution in [0.25, 0.3) is 11.3 Å². The Hall–Kier alpha value is -2.11. The summed E-state index contributed by atoms with van der Waals surface area (Å²) < 4.78 is 16.6. The Balaban J connectivity index is 1.88. The van der Waals surface area contributed by atoms with Crippen molar-refractivity contribution in [3.63, 3.8) is 0 Å². The number of carbonyl (C=O) groups excluding carboxylic acids is 1. The summed E-state index contributed by atoms with van der Waals surface area (Å²) in [5.74, 6) is 1.06. The largest absolute Gasteiger partial charge is 0.462 e. The Morgan fingerprint density at radius 1 is 1.22 bits per heavy atom. The van der Waals surface area contributed by atoms with Crippen LogP contribution in [0.5, 0.6) is 0 Å². The second kappa shape index (κ2) is 7.44. The zero-order valence-electron chi connectivity index (χ0n) is 13.3. The summed E-state index contributed by atoms with van der Waals surface area (Å²) in [5.41, 5.74) is 1.39. The molecule has 2 aromatic rings. The molecule has 5 nitrogen and oxygen atoms in total. The Morgan fingerprint density at radius 2 is 1.96 bits per heavy atom. The van der Waals surface area contributed by atoms with Crippen molar-refractivity contribution in [1.29, 1.82) is 0 Å². The minimum atomic E-state index is -0.335. The normalized spacial score (nSPS) is 15.5. The van der Waals surface area contributed by atoms with Gasteiger partial charge in [0.05, 0.1) is 19.8 Å². The van der Waals surface area contributed by atoms with Gasteiger partial charge in [-0.15, -0.1) is 0 Å². The molecule has 0 atom stereocenters. The van der Waals surface area contributed by atoms with Gasteiger partial charge in [-0.3, -0.25) is 0 Å². The zero-order chi connectivity index (χ0) is 16.1. The number of hydrogen-bond donors (Lipinski definition) is 1. The fourth-order valence-electron chi connectivity index (χ4n) is 2.78. The van der Waals surface area contributed by atoms with Crippen LogP contribution in [-0.2, 0) is 16.0 Å². The van der Waals surface area contributed by atoms with Gasteiger partial charge in [0.2, 0.25) is 0 Å². The van der Waals surface area contributed by atoms with Gasteiger partial charge in [-0.2, -0.15) is 0 Å². The maximum absolute atomic E-state index is 12.2. The fraction of sp³-hybridized carbons (Fsp3) is 0.389. The lowest BCUT2D eigenvalue weighted by Gasteiger charge is -2.22. The smallest absolute Gasteiger partial charge is 0.342 e. The molecule has 0 unspecified atom stereocenters. The summed E-state index contributed by atoms with van der Waals surface area (Å²) >= 11 is 0. The first kappa shape index (κ1) is 15.8. The molecule has 1 saturated heterocycles. The Morgan fingerprint density at radius 3 is 2.65 bits per heavy atom. The highest BCUT2D eigenvalue weighted by Gasteiger charge is 2.23. The number of quaternary nitrogens is 1. The molecule has 1 aromatic heterocycles. The van der Waals surface area contributed by atoms with Crippen LogP contribution in [0.2, 0.25) is 0 Å². The number of ether oxygens (including phenoxy) is 2. The Bertz CT molecular complexity index is 644. The summed E-state index contributed by atoms with van der Waals surface area (Å²) in [7, 11) is 0. The predicted molar refractivity (Wildman–Crippen MR) is 85.3 cm³/mol. The maximum Gasteiger partial charge on any atom is 0.342 e. The van der Waals surface area contributed by atoms with Gasteiger partial charge in [0.25, 0.3) is 0 Å². The van der Waals surface area contributed by atoms with E-state index in [1.165, 1.54) is 4.90 Å². The number of esters is 1. The van der Waals surface area contributed by atoms with Crippen LogP contribution in [0.1, 0.15) is 23.0 Å². The van der Waals surface area contributed by atoms with Gasteiger partial charge >= 0.3 is 5.97 Å². The molecule has 122 valence electrons. The molecule has 1 aromatic carbocycles. The third-order valence-corrected chi connectivity index (χ3v) is 3.94. The highest BCUT2D eigenvalue weighted by atomic mass is 16.5. The van der Waals surface area contributed by atoms with E-state index in [0.717, 1.165) is 44.2 Å². The van der Waals surface area contributed by atoms with E-state index >= 15 is 0 Å². The third-order valence-electron chi connectivity index (χ3n) is 3.94. The molecule has 1 aliphatic heterocycles. The molecule has 0 radical (unpaired) electrons. The minimum Gasteiger partial charge on any atom is -0.462 e. The monoisotopic (exact) mass is 316 g/mol. The van der Waals surface area contributed by atoms with Gasteiger partial charge in [-0.1, -0.05) is 30.3 Å². The lowest BCUT2D eigenvalue weighted by molar-refractivity contribution is -0.922. The van der Waals surface area contributed by atoms with Crippen molar-refractivity contribution in [2.45, 2.75) is 13.5 Å². The van der Waals surface area contributed by atoms with Crippen LogP contribution in [0.15, 0.2) is 40.8 Å². The third kappa shape index (κ3) is 3.81. The van der Waals surface area contributed by atoms with E-state index in [2.05, 4.69) is 0 Å². The molecular weight excluding hydrogens is 294 g/mol. The summed E-state index contributed by atoms with van der Waals surface area (Å²) in [4.78, 5) is 13.6. The van der Waals surface area contributed by atoms with Crippen molar-refractivity contribution in [3.05, 3.63) is 47.7 Å². The molecule has 5 heteroatoms. The topological polar surface area (TPSA) is 53.1 Å². The van der Waals surface area contributed by atoms with Gasteiger partial charge < -0.3 is 18.8 Å². The molecule has 23 heavy (non-hydrogen) atoms. The average molecular weight is 316 g/mol. The number of nitrogens with one attached hydrogen (secondary N) is 1. The average Bonchev–Trinajstić information content (AvgIpc) is 3.01. The van der Waals surface area contributed by atoms with Crippen LogP contribution in [0, 0.1) is 0 Å². The second-order valence-corrected chi connectivity index (χ2v) is 5.58. The van der Waals surface area contributed by atoms with Crippen LogP contribution in [-0.4, -0.2) is 38.9 Å². The van der Waals surface area contributed by atoms with Crippen molar-refractivity contribution < 1.29 is 23.6 Å². The van der Waals surface area contributed by atoms with Crippen molar-refractivity contribution in [3.8, 4) is 11.3 Å². The number of hydrogen-bond acceptors (Lipinski definition) is 4. The summed E-state index contributed by atoms with van der Waals surface area (Å²) in [6.07, 6.45) is 0. The molecule has 1 N–H and O–H groups in total. The first-order chi connectivity index (χ1) is 11.3. The highest BCUT2D eigenvalue weighted by molar-refractivity contribution is 5.96. The molecule has 0 spiro atoms. The summed E-state index contributed by atoms with van der Waals surface area (Å²) in [5, 5.41) is 0. The maximum atomic E-state index is 12.2. The number of morpholine rings is 1. The molecule has 0 amide bonds. The number of furan rings is 1. The van der Waals surface area contributed by atoms with E-state index < -0.39 is 0 Å². The Labute approximate surface area is 135 Å². The molecule has 0 aliphatic carbocycles. The fourth-order valence-corrected chi connectivity index (χ4v) is 2.78. The quantitative estimate of drug-likeness (QED) is 0.850. The lowest BCUT2D eigenvalue weighted by Crippen LogP contribution is -3.12.